The van der Waals surface area contributed by atoms with Gasteiger partial charge in [0.1, 0.15) is 0 Å². The molecule has 0 aliphatic heterocycles. The number of carboxylic acid groups (broad SMARTS) is 2. The summed E-state index contributed by atoms with van der Waals surface area (Å²) in [6.45, 7) is 0. The molecule has 0 amide bonds. The molecule has 4 N–H and O–H groups in total. The molecule has 5 nitrogen and oxygen atoms in total. The summed E-state index contributed by atoms with van der Waals surface area (Å²) in [5.74, 6) is -2.92. The van der Waals surface area contributed by atoms with Gasteiger partial charge in [-0.05, 0) is 18.8 Å². The summed E-state index contributed by atoms with van der Waals surface area (Å²) in [4.78, 5) is 21.4. The summed E-state index contributed by atoms with van der Waals surface area (Å²) in [6.07, 6.45) is 2.05. The van der Waals surface area contributed by atoms with Crippen molar-refractivity contribution in [2.24, 2.45) is 17.6 Å². The molecule has 3 atom stereocenters. The maximum Gasteiger partial charge on any atom is 0.308 e. The Hall–Kier alpha value is -1.10. The molecule has 3 unspecified atom stereocenters. The summed E-state index contributed by atoms with van der Waals surface area (Å²) in [5, 5.41) is 17.5. The molecule has 1 saturated carbocycles. The van der Waals surface area contributed by atoms with E-state index >= 15 is 0 Å². The van der Waals surface area contributed by atoms with Crippen molar-refractivity contribution < 1.29 is 19.8 Å². The minimum Gasteiger partial charge on any atom is -0.481 e. The lowest BCUT2D eigenvalue weighted by Crippen LogP contribution is -2.44. The van der Waals surface area contributed by atoms with Crippen LogP contribution in [0.3, 0.4) is 0 Å². The second-order valence-corrected chi connectivity index (χ2v) is 3.82. The van der Waals surface area contributed by atoms with E-state index in [0.717, 1.165) is 6.42 Å². The Kier molecular flexibility index (Phi) is 3.46. The second-order valence-electron chi connectivity index (χ2n) is 3.82. The molecule has 5 heteroatoms. The van der Waals surface area contributed by atoms with Gasteiger partial charge in [0.15, 0.2) is 0 Å². The van der Waals surface area contributed by atoms with Gasteiger partial charge in [-0.1, -0.05) is 6.42 Å². The fraction of sp³-hybridized carbons (Fsp3) is 0.778. The Morgan fingerprint density at radius 1 is 1.29 bits per heavy atom. The van der Waals surface area contributed by atoms with Crippen LogP contribution in [0.25, 0.3) is 0 Å². The van der Waals surface area contributed by atoms with Crippen molar-refractivity contribution in [1.29, 1.82) is 0 Å². The molecular formula is C9H15NO4. The number of hydrogen-bond donors (Lipinski definition) is 3. The Morgan fingerprint density at radius 3 is 2.43 bits per heavy atom. The standard InChI is InChI=1S/C9H15NO4/c10-6-3-1-2-5(4-7(11)12)8(6)9(13)14/h5-6,8H,1-4,10H2,(H,11,12)(H,13,14). The van der Waals surface area contributed by atoms with Crippen molar-refractivity contribution >= 4 is 11.9 Å². The molecule has 14 heavy (non-hydrogen) atoms. The first-order valence-corrected chi connectivity index (χ1v) is 4.72. The minimum atomic E-state index is -0.969. The molecule has 1 aliphatic rings. The van der Waals surface area contributed by atoms with Gasteiger partial charge in [0.25, 0.3) is 0 Å². The molecule has 1 rings (SSSR count). The van der Waals surface area contributed by atoms with Gasteiger partial charge in [-0.2, -0.15) is 0 Å². The van der Waals surface area contributed by atoms with Gasteiger partial charge < -0.3 is 15.9 Å². The van der Waals surface area contributed by atoms with Crippen LogP contribution in [-0.2, 0) is 9.59 Å². The largest absolute Gasteiger partial charge is 0.481 e. The molecule has 0 bridgehead atoms. The molecule has 0 saturated heterocycles. The predicted molar refractivity (Wildman–Crippen MR) is 48.7 cm³/mol. The number of nitrogens with two attached hydrogens (primary N) is 1. The van der Waals surface area contributed by atoms with Gasteiger partial charge in [0.2, 0.25) is 0 Å². The van der Waals surface area contributed by atoms with Crippen molar-refractivity contribution in [3.05, 3.63) is 0 Å². The van der Waals surface area contributed by atoms with Crippen molar-refractivity contribution in [2.45, 2.75) is 31.7 Å². The highest BCUT2D eigenvalue weighted by Crippen LogP contribution is 2.31. The lowest BCUT2D eigenvalue weighted by atomic mass is 9.74. The number of carbonyl (C=O) groups is 2. The Balaban J connectivity index is 2.69. The molecule has 0 aromatic rings. The highest BCUT2D eigenvalue weighted by Gasteiger charge is 2.37. The average Bonchev–Trinajstić information content (AvgIpc) is 2.01. The third kappa shape index (κ3) is 2.45. The van der Waals surface area contributed by atoms with Crippen molar-refractivity contribution in [3.8, 4) is 0 Å². The summed E-state index contributed by atoms with van der Waals surface area (Å²) < 4.78 is 0. The Morgan fingerprint density at radius 2 is 1.93 bits per heavy atom. The van der Waals surface area contributed by atoms with E-state index in [9.17, 15) is 9.59 Å². The molecule has 1 aliphatic carbocycles. The summed E-state index contributed by atoms with van der Waals surface area (Å²) in [5.41, 5.74) is 5.67. The average molecular weight is 201 g/mol. The van der Waals surface area contributed by atoms with Gasteiger partial charge in [0, 0.05) is 12.5 Å². The Bertz CT molecular complexity index is 241. The first kappa shape index (κ1) is 11.0. The zero-order chi connectivity index (χ0) is 10.7. The van der Waals surface area contributed by atoms with Crippen LogP contribution in [0.1, 0.15) is 25.7 Å². The van der Waals surface area contributed by atoms with E-state index in [0.29, 0.717) is 12.8 Å². The highest BCUT2D eigenvalue weighted by molar-refractivity contribution is 5.73. The quantitative estimate of drug-likeness (QED) is 0.609. The van der Waals surface area contributed by atoms with Crippen LogP contribution in [0.15, 0.2) is 0 Å². The fourth-order valence-electron chi connectivity index (χ4n) is 2.16. The van der Waals surface area contributed by atoms with Gasteiger partial charge in [-0.3, -0.25) is 9.59 Å². The lowest BCUT2D eigenvalue weighted by molar-refractivity contribution is -0.147. The van der Waals surface area contributed by atoms with Crippen LogP contribution in [0.5, 0.6) is 0 Å². The number of rotatable bonds is 3. The fourth-order valence-corrected chi connectivity index (χ4v) is 2.16. The zero-order valence-electron chi connectivity index (χ0n) is 7.85. The minimum absolute atomic E-state index is 0.0926. The van der Waals surface area contributed by atoms with Gasteiger partial charge in [0.05, 0.1) is 5.92 Å². The van der Waals surface area contributed by atoms with Gasteiger partial charge in [-0.15, -0.1) is 0 Å². The first-order valence-electron chi connectivity index (χ1n) is 4.72. The third-order valence-electron chi connectivity index (χ3n) is 2.80. The van der Waals surface area contributed by atoms with Crippen LogP contribution in [0, 0.1) is 11.8 Å². The van der Waals surface area contributed by atoms with Gasteiger partial charge >= 0.3 is 11.9 Å². The third-order valence-corrected chi connectivity index (χ3v) is 2.80. The smallest absolute Gasteiger partial charge is 0.308 e. The van der Waals surface area contributed by atoms with Crippen LogP contribution in [-0.4, -0.2) is 28.2 Å². The summed E-state index contributed by atoms with van der Waals surface area (Å²) in [7, 11) is 0. The topological polar surface area (TPSA) is 101 Å². The summed E-state index contributed by atoms with van der Waals surface area (Å²) in [6, 6.07) is -0.398. The normalized spacial score (nSPS) is 32.5. The number of carboxylic acids is 2. The van der Waals surface area contributed by atoms with Crippen molar-refractivity contribution in [2.75, 3.05) is 0 Å². The van der Waals surface area contributed by atoms with E-state index < -0.39 is 23.9 Å². The van der Waals surface area contributed by atoms with E-state index in [1.54, 1.807) is 0 Å². The van der Waals surface area contributed by atoms with Crippen molar-refractivity contribution in [3.63, 3.8) is 0 Å². The number of aliphatic carboxylic acids is 2. The van der Waals surface area contributed by atoms with E-state index in [-0.39, 0.29) is 12.3 Å². The molecule has 0 aromatic heterocycles. The molecule has 0 radical (unpaired) electrons. The highest BCUT2D eigenvalue weighted by atomic mass is 16.4. The lowest BCUT2D eigenvalue weighted by Gasteiger charge is -2.32. The first-order chi connectivity index (χ1) is 6.52. The maximum absolute atomic E-state index is 10.9. The van der Waals surface area contributed by atoms with Crippen LogP contribution >= 0.6 is 0 Å². The van der Waals surface area contributed by atoms with E-state index in [1.807, 2.05) is 0 Å². The molecular weight excluding hydrogens is 186 g/mol. The zero-order valence-corrected chi connectivity index (χ0v) is 7.85. The number of hydrogen-bond acceptors (Lipinski definition) is 3. The summed E-state index contributed by atoms with van der Waals surface area (Å²) >= 11 is 0. The maximum atomic E-state index is 10.9. The SMILES string of the molecule is NC1CCCC(CC(=O)O)C1C(=O)O. The molecule has 0 heterocycles. The van der Waals surface area contributed by atoms with Crippen LogP contribution in [0.2, 0.25) is 0 Å². The van der Waals surface area contributed by atoms with Crippen molar-refractivity contribution in [1.82, 2.24) is 0 Å². The van der Waals surface area contributed by atoms with Crippen LogP contribution < -0.4 is 5.73 Å². The molecule has 0 spiro atoms. The second kappa shape index (κ2) is 4.41. The van der Waals surface area contributed by atoms with E-state index in [4.69, 9.17) is 15.9 Å². The van der Waals surface area contributed by atoms with E-state index in [1.165, 1.54) is 0 Å². The molecule has 80 valence electrons. The predicted octanol–water partition coefficient (Wildman–Crippen LogP) is 0.289. The molecule has 1 fully saturated rings. The monoisotopic (exact) mass is 201 g/mol. The Labute approximate surface area is 81.9 Å². The molecule has 0 aromatic carbocycles. The van der Waals surface area contributed by atoms with Gasteiger partial charge in [-0.25, -0.2) is 0 Å². The van der Waals surface area contributed by atoms with E-state index in [2.05, 4.69) is 0 Å². The van der Waals surface area contributed by atoms with Crippen LogP contribution in [0.4, 0.5) is 0 Å².